The van der Waals surface area contributed by atoms with Gasteiger partial charge >= 0.3 is 5.97 Å². The predicted octanol–water partition coefficient (Wildman–Crippen LogP) is 1.32. The van der Waals surface area contributed by atoms with Gasteiger partial charge in [-0.2, -0.15) is 4.31 Å². The van der Waals surface area contributed by atoms with Gasteiger partial charge in [0.05, 0.1) is 4.90 Å². The van der Waals surface area contributed by atoms with Crippen LogP contribution in [0.2, 0.25) is 0 Å². The number of ether oxygens (including phenoxy) is 1. The van der Waals surface area contributed by atoms with Crippen molar-refractivity contribution in [1.29, 1.82) is 0 Å². The largest absolute Gasteiger partial charge is 0.482 e. The van der Waals surface area contributed by atoms with Crippen molar-refractivity contribution in [3.8, 4) is 5.75 Å². The van der Waals surface area contributed by atoms with Crippen molar-refractivity contribution < 1.29 is 23.1 Å². The Morgan fingerprint density at radius 2 is 2.05 bits per heavy atom. The first-order chi connectivity index (χ1) is 9.41. The molecule has 1 atom stereocenters. The molecule has 20 heavy (non-hydrogen) atoms. The molecule has 2 rings (SSSR count). The normalized spacial score (nSPS) is 19.9. The molecule has 0 aliphatic carbocycles. The van der Waals surface area contributed by atoms with Crippen molar-refractivity contribution in [1.82, 2.24) is 4.31 Å². The molecule has 1 N–H and O–H groups in total. The summed E-state index contributed by atoms with van der Waals surface area (Å²) in [5.41, 5.74) is 0. The highest BCUT2D eigenvalue weighted by Crippen LogP contribution is 2.26. The van der Waals surface area contributed by atoms with Gasteiger partial charge in [0.15, 0.2) is 6.61 Å². The minimum atomic E-state index is -3.47. The lowest BCUT2D eigenvalue weighted by molar-refractivity contribution is -0.139. The SMILES string of the molecule is CC1CCCN1S(=O)(=O)c1ccc(OCC(=O)O)cc1. The van der Waals surface area contributed by atoms with Crippen LogP contribution in [0.3, 0.4) is 0 Å². The Bertz CT molecular complexity index is 581. The van der Waals surface area contributed by atoms with Crippen LogP contribution >= 0.6 is 0 Å². The Kier molecular flexibility index (Phi) is 4.29. The van der Waals surface area contributed by atoms with Gasteiger partial charge in [-0.1, -0.05) is 0 Å². The number of aliphatic carboxylic acids is 1. The van der Waals surface area contributed by atoms with Crippen LogP contribution in [0.15, 0.2) is 29.2 Å². The van der Waals surface area contributed by atoms with Crippen molar-refractivity contribution in [3.05, 3.63) is 24.3 Å². The molecule has 0 aromatic heterocycles. The van der Waals surface area contributed by atoms with Crippen molar-refractivity contribution in [2.24, 2.45) is 0 Å². The Balaban J connectivity index is 2.14. The molecule has 1 unspecified atom stereocenters. The number of hydrogen-bond donors (Lipinski definition) is 1. The summed E-state index contributed by atoms with van der Waals surface area (Å²) < 4.78 is 31.3. The van der Waals surface area contributed by atoms with Gasteiger partial charge in [-0.15, -0.1) is 0 Å². The van der Waals surface area contributed by atoms with Crippen LogP contribution < -0.4 is 4.74 Å². The Morgan fingerprint density at radius 3 is 2.55 bits per heavy atom. The van der Waals surface area contributed by atoms with Gasteiger partial charge in [0, 0.05) is 12.6 Å². The van der Waals surface area contributed by atoms with Crippen molar-refractivity contribution in [2.75, 3.05) is 13.2 Å². The van der Waals surface area contributed by atoms with Crippen LogP contribution in [0.5, 0.6) is 5.75 Å². The zero-order valence-corrected chi connectivity index (χ0v) is 12.0. The molecule has 0 amide bonds. The average Bonchev–Trinajstić information content (AvgIpc) is 2.84. The lowest BCUT2D eigenvalue weighted by Gasteiger charge is -2.20. The summed E-state index contributed by atoms with van der Waals surface area (Å²) in [6, 6.07) is 5.84. The molecule has 1 aliphatic rings. The molecule has 1 saturated heterocycles. The van der Waals surface area contributed by atoms with Crippen molar-refractivity contribution in [2.45, 2.75) is 30.7 Å². The van der Waals surface area contributed by atoms with Crippen LogP contribution in [0.1, 0.15) is 19.8 Å². The second-order valence-corrected chi connectivity index (χ2v) is 6.65. The topological polar surface area (TPSA) is 83.9 Å². The zero-order valence-electron chi connectivity index (χ0n) is 11.2. The predicted molar refractivity (Wildman–Crippen MR) is 72.2 cm³/mol. The average molecular weight is 299 g/mol. The molecular weight excluding hydrogens is 282 g/mol. The van der Waals surface area contributed by atoms with E-state index in [-0.39, 0.29) is 10.9 Å². The van der Waals surface area contributed by atoms with Crippen LogP contribution in [0, 0.1) is 0 Å². The van der Waals surface area contributed by atoms with E-state index >= 15 is 0 Å². The molecule has 0 bridgehead atoms. The fourth-order valence-corrected chi connectivity index (χ4v) is 3.95. The van der Waals surface area contributed by atoms with Gasteiger partial charge in [0.25, 0.3) is 0 Å². The number of rotatable bonds is 5. The van der Waals surface area contributed by atoms with E-state index in [1.807, 2.05) is 6.92 Å². The van der Waals surface area contributed by atoms with E-state index < -0.39 is 22.6 Å². The quantitative estimate of drug-likeness (QED) is 0.886. The van der Waals surface area contributed by atoms with Gasteiger partial charge in [-0.3, -0.25) is 0 Å². The standard InChI is InChI=1S/C13H17NO5S/c1-10-3-2-8-14(10)20(17,18)12-6-4-11(5-7-12)19-9-13(15)16/h4-7,10H,2-3,8-9H2,1H3,(H,15,16). The fourth-order valence-electron chi connectivity index (χ4n) is 2.25. The number of hydrogen-bond acceptors (Lipinski definition) is 4. The molecule has 1 fully saturated rings. The summed E-state index contributed by atoms with van der Waals surface area (Å²) in [6.45, 7) is 1.99. The molecule has 7 heteroatoms. The van der Waals surface area contributed by atoms with Crippen molar-refractivity contribution >= 4 is 16.0 Å². The Hall–Kier alpha value is -1.60. The first kappa shape index (κ1) is 14.8. The Morgan fingerprint density at radius 1 is 1.40 bits per heavy atom. The third-order valence-electron chi connectivity index (χ3n) is 3.28. The monoisotopic (exact) mass is 299 g/mol. The summed E-state index contributed by atoms with van der Waals surface area (Å²) in [7, 11) is -3.47. The summed E-state index contributed by atoms with van der Waals surface area (Å²) in [5.74, 6) is -0.742. The van der Waals surface area contributed by atoms with Gasteiger partial charge in [0.2, 0.25) is 10.0 Å². The molecule has 1 aromatic carbocycles. The maximum absolute atomic E-state index is 12.4. The summed E-state index contributed by atoms with van der Waals surface area (Å²) in [4.78, 5) is 10.6. The summed E-state index contributed by atoms with van der Waals surface area (Å²) in [5, 5.41) is 8.50. The van der Waals surface area contributed by atoms with E-state index in [2.05, 4.69) is 0 Å². The lowest BCUT2D eigenvalue weighted by Crippen LogP contribution is -2.33. The molecule has 1 aromatic rings. The van der Waals surface area contributed by atoms with E-state index in [0.29, 0.717) is 12.3 Å². The van der Waals surface area contributed by atoms with E-state index in [1.54, 1.807) is 0 Å². The minimum Gasteiger partial charge on any atom is -0.482 e. The smallest absolute Gasteiger partial charge is 0.341 e. The molecule has 0 saturated carbocycles. The number of nitrogens with zero attached hydrogens (tertiary/aromatic N) is 1. The molecule has 6 nitrogen and oxygen atoms in total. The van der Waals surface area contributed by atoms with Gasteiger partial charge in [-0.05, 0) is 44.0 Å². The van der Waals surface area contributed by atoms with E-state index in [0.717, 1.165) is 12.8 Å². The van der Waals surface area contributed by atoms with Gasteiger partial charge in [-0.25, -0.2) is 13.2 Å². The number of benzene rings is 1. The second-order valence-electron chi connectivity index (χ2n) is 4.76. The first-order valence-electron chi connectivity index (χ1n) is 6.38. The fraction of sp³-hybridized carbons (Fsp3) is 0.462. The van der Waals surface area contributed by atoms with E-state index in [1.165, 1.54) is 28.6 Å². The summed E-state index contributed by atoms with van der Waals surface area (Å²) >= 11 is 0. The highest BCUT2D eigenvalue weighted by atomic mass is 32.2. The maximum atomic E-state index is 12.4. The summed E-state index contributed by atoms with van der Waals surface area (Å²) in [6.07, 6.45) is 1.75. The maximum Gasteiger partial charge on any atom is 0.341 e. The third kappa shape index (κ3) is 3.10. The first-order valence-corrected chi connectivity index (χ1v) is 7.82. The van der Waals surface area contributed by atoms with E-state index in [4.69, 9.17) is 9.84 Å². The molecule has 0 spiro atoms. The van der Waals surface area contributed by atoms with Crippen molar-refractivity contribution in [3.63, 3.8) is 0 Å². The molecule has 0 radical (unpaired) electrons. The second kappa shape index (κ2) is 5.80. The number of carboxylic acids is 1. The molecule has 1 heterocycles. The number of sulfonamides is 1. The third-order valence-corrected chi connectivity index (χ3v) is 5.31. The molecular formula is C13H17NO5S. The van der Waals surface area contributed by atoms with Crippen LogP contribution in [0.4, 0.5) is 0 Å². The minimum absolute atomic E-state index is 0.0166. The zero-order chi connectivity index (χ0) is 14.8. The van der Waals surface area contributed by atoms with Crippen LogP contribution in [-0.4, -0.2) is 43.0 Å². The van der Waals surface area contributed by atoms with Gasteiger partial charge < -0.3 is 9.84 Å². The van der Waals surface area contributed by atoms with Crippen LogP contribution in [-0.2, 0) is 14.8 Å². The number of carboxylic acid groups (broad SMARTS) is 1. The Labute approximate surface area is 118 Å². The highest BCUT2D eigenvalue weighted by molar-refractivity contribution is 7.89. The van der Waals surface area contributed by atoms with E-state index in [9.17, 15) is 13.2 Å². The molecule has 1 aliphatic heterocycles. The van der Waals surface area contributed by atoms with Crippen LogP contribution in [0.25, 0.3) is 0 Å². The van der Waals surface area contributed by atoms with Gasteiger partial charge in [0.1, 0.15) is 5.75 Å². The number of carbonyl (C=O) groups is 1. The highest BCUT2D eigenvalue weighted by Gasteiger charge is 2.32. The molecule has 110 valence electrons. The lowest BCUT2D eigenvalue weighted by atomic mass is 10.3.